The molecule has 1 aromatic carbocycles. The molecule has 0 unspecified atom stereocenters. The molecule has 2 aliphatic heterocycles. The Morgan fingerprint density at radius 1 is 1.11 bits per heavy atom. The number of carbonyl (C=O) groups excluding carboxylic acids is 1. The molecule has 1 aromatic heterocycles. The van der Waals surface area contributed by atoms with E-state index in [2.05, 4.69) is 33.7 Å². The number of pyridine rings is 1. The minimum Gasteiger partial charge on any atom is -0.360 e. The van der Waals surface area contributed by atoms with Gasteiger partial charge in [-0.2, -0.15) is 0 Å². The van der Waals surface area contributed by atoms with Gasteiger partial charge in [-0.1, -0.05) is 36.1 Å². The van der Waals surface area contributed by atoms with E-state index in [1.807, 2.05) is 53.4 Å². The van der Waals surface area contributed by atoms with Crippen molar-refractivity contribution < 1.29 is 4.79 Å². The Bertz CT molecular complexity index is 927. The molecule has 4 rings (SSSR count). The van der Waals surface area contributed by atoms with Gasteiger partial charge < -0.3 is 9.80 Å². The van der Waals surface area contributed by atoms with E-state index >= 15 is 0 Å². The molecule has 0 fully saturated rings. The normalized spacial score (nSPS) is 17.2. The fraction of sp³-hybridized carbons (Fsp3) is 0.304. The van der Waals surface area contributed by atoms with Gasteiger partial charge in [-0.25, -0.2) is 0 Å². The van der Waals surface area contributed by atoms with E-state index < -0.39 is 0 Å². The van der Waals surface area contributed by atoms with Gasteiger partial charge in [0.2, 0.25) is 0 Å². The zero-order valence-corrected chi connectivity index (χ0v) is 16.1. The molecule has 1 amide bonds. The van der Waals surface area contributed by atoms with Gasteiger partial charge in [-0.15, -0.1) is 0 Å². The Morgan fingerprint density at radius 3 is 2.71 bits per heavy atom. The maximum atomic E-state index is 13.1. The van der Waals surface area contributed by atoms with Gasteiger partial charge in [0.25, 0.3) is 5.91 Å². The third-order valence-electron chi connectivity index (χ3n) is 5.17. The molecular weight excluding hydrogens is 348 g/mol. The first-order valence-electron chi connectivity index (χ1n) is 9.59. The van der Waals surface area contributed by atoms with Crippen LogP contribution < -0.4 is 0 Å². The maximum Gasteiger partial charge on any atom is 0.254 e. The van der Waals surface area contributed by atoms with Gasteiger partial charge in [0, 0.05) is 44.0 Å². The smallest absolute Gasteiger partial charge is 0.254 e. The first-order chi connectivity index (χ1) is 13.7. The molecule has 0 N–H and O–H groups in total. The Morgan fingerprint density at radius 2 is 1.93 bits per heavy atom. The zero-order valence-electron chi connectivity index (χ0n) is 16.1. The van der Waals surface area contributed by atoms with Crippen molar-refractivity contribution >= 4 is 5.91 Å². The van der Waals surface area contributed by atoms with Crippen LogP contribution in [-0.4, -0.2) is 58.9 Å². The summed E-state index contributed by atoms with van der Waals surface area (Å²) in [6.07, 6.45) is 2.66. The topological polar surface area (TPSA) is 39.7 Å². The summed E-state index contributed by atoms with van der Waals surface area (Å²) in [6.45, 7) is 3.40. The van der Waals surface area contributed by atoms with E-state index in [9.17, 15) is 4.79 Å². The Hall–Kier alpha value is -3.10. The fourth-order valence-corrected chi connectivity index (χ4v) is 3.74. The van der Waals surface area contributed by atoms with Crippen molar-refractivity contribution in [2.45, 2.75) is 13.0 Å². The summed E-state index contributed by atoms with van der Waals surface area (Å²) < 4.78 is 0. The summed E-state index contributed by atoms with van der Waals surface area (Å²) in [5.41, 5.74) is 4.01. The quantitative estimate of drug-likeness (QED) is 0.776. The lowest BCUT2D eigenvalue weighted by Crippen LogP contribution is -2.50. The third-order valence-corrected chi connectivity index (χ3v) is 5.17. The molecule has 2 aromatic rings. The van der Waals surface area contributed by atoms with E-state index in [4.69, 9.17) is 0 Å². The lowest BCUT2D eigenvalue weighted by Gasteiger charge is -2.41. The molecule has 0 spiro atoms. The Kier molecular flexibility index (Phi) is 5.41. The van der Waals surface area contributed by atoms with Gasteiger partial charge in [0.15, 0.2) is 0 Å². The molecule has 28 heavy (non-hydrogen) atoms. The Balaban J connectivity index is 1.44. The molecule has 0 saturated heterocycles. The van der Waals surface area contributed by atoms with Crippen LogP contribution in [0.5, 0.6) is 0 Å². The van der Waals surface area contributed by atoms with E-state index in [0.717, 1.165) is 29.8 Å². The first-order valence-corrected chi connectivity index (χ1v) is 9.59. The molecule has 5 nitrogen and oxygen atoms in total. The van der Waals surface area contributed by atoms with Gasteiger partial charge >= 0.3 is 0 Å². The average Bonchev–Trinajstić information content (AvgIpc) is 2.73. The molecule has 0 saturated carbocycles. The van der Waals surface area contributed by atoms with Crippen LogP contribution in [0.25, 0.3) is 0 Å². The highest BCUT2D eigenvalue weighted by atomic mass is 16.2. The highest BCUT2D eigenvalue weighted by Crippen LogP contribution is 2.27. The standard InChI is InChI=1S/C23H24N4O/c1-25-18-27(16-20-11-5-6-13-24-20)23(28)21-17-26(15-12-22(21)25)14-7-10-19-8-3-2-4-9-19/h2-6,8-9,11,13H,12,14-18H2,1H3. The predicted molar refractivity (Wildman–Crippen MR) is 109 cm³/mol. The summed E-state index contributed by atoms with van der Waals surface area (Å²) in [5, 5.41) is 0. The summed E-state index contributed by atoms with van der Waals surface area (Å²) in [4.78, 5) is 23.8. The lowest BCUT2D eigenvalue weighted by atomic mass is 10.0. The van der Waals surface area contributed by atoms with Crippen molar-refractivity contribution in [1.29, 1.82) is 0 Å². The van der Waals surface area contributed by atoms with Gasteiger partial charge in [-0.05, 0) is 24.3 Å². The SMILES string of the molecule is CN1CN(Cc2ccccn2)C(=O)C2=C1CCN(CC#Cc1ccccc1)C2. The third kappa shape index (κ3) is 4.08. The Labute approximate surface area is 166 Å². The summed E-state index contributed by atoms with van der Waals surface area (Å²) in [7, 11) is 2.07. The van der Waals surface area contributed by atoms with Crippen LogP contribution in [-0.2, 0) is 11.3 Å². The van der Waals surface area contributed by atoms with Crippen molar-refractivity contribution in [3.05, 3.63) is 77.3 Å². The highest BCUT2D eigenvalue weighted by Gasteiger charge is 2.33. The summed E-state index contributed by atoms with van der Waals surface area (Å²) in [6, 6.07) is 15.8. The van der Waals surface area contributed by atoms with Crippen molar-refractivity contribution in [1.82, 2.24) is 19.7 Å². The van der Waals surface area contributed by atoms with Crippen molar-refractivity contribution in [2.24, 2.45) is 0 Å². The highest BCUT2D eigenvalue weighted by molar-refractivity contribution is 5.95. The number of aromatic nitrogens is 1. The van der Waals surface area contributed by atoms with E-state index in [0.29, 0.717) is 26.3 Å². The molecule has 2 aliphatic rings. The van der Waals surface area contributed by atoms with Crippen LogP contribution in [0.2, 0.25) is 0 Å². The minimum atomic E-state index is 0.125. The molecule has 0 radical (unpaired) electrons. The molecule has 5 heteroatoms. The average molecular weight is 372 g/mol. The van der Waals surface area contributed by atoms with Gasteiger partial charge in [0.1, 0.15) is 0 Å². The number of rotatable bonds is 3. The number of carbonyl (C=O) groups is 1. The number of hydrogen-bond acceptors (Lipinski definition) is 4. The van der Waals surface area contributed by atoms with Gasteiger partial charge in [0.05, 0.1) is 31.0 Å². The van der Waals surface area contributed by atoms with Crippen LogP contribution in [0.15, 0.2) is 66.0 Å². The van der Waals surface area contributed by atoms with E-state index in [1.54, 1.807) is 6.20 Å². The van der Waals surface area contributed by atoms with Crippen molar-refractivity contribution in [2.75, 3.05) is 33.4 Å². The van der Waals surface area contributed by atoms with Crippen LogP contribution >= 0.6 is 0 Å². The second-order valence-electron chi connectivity index (χ2n) is 7.22. The number of benzene rings is 1. The number of amides is 1. The largest absolute Gasteiger partial charge is 0.360 e. The lowest BCUT2D eigenvalue weighted by molar-refractivity contribution is -0.131. The van der Waals surface area contributed by atoms with E-state index in [1.165, 1.54) is 5.70 Å². The molecule has 142 valence electrons. The molecule has 0 atom stereocenters. The van der Waals surface area contributed by atoms with Crippen molar-refractivity contribution in [3.63, 3.8) is 0 Å². The second kappa shape index (κ2) is 8.28. The van der Waals surface area contributed by atoms with E-state index in [-0.39, 0.29) is 5.91 Å². The molecule has 3 heterocycles. The molecular formula is C23H24N4O. The number of hydrogen-bond donors (Lipinski definition) is 0. The number of nitrogens with zero attached hydrogens (tertiary/aromatic N) is 4. The predicted octanol–water partition coefficient (Wildman–Crippen LogP) is 2.32. The molecule has 0 bridgehead atoms. The van der Waals surface area contributed by atoms with Crippen LogP contribution in [0.1, 0.15) is 17.7 Å². The van der Waals surface area contributed by atoms with Gasteiger partial charge in [-0.3, -0.25) is 14.7 Å². The van der Waals surface area contributed by atoms with Crippen LogP contribution in [0.3, 0.4) is 0 Å². The zero-order chi connectivity index (χ0) is 19.3. The minimum absolute atomic E-state index is 0.125. The van der Waals surface area contributed by atoms with Crippen molar-refractivity contribution in [3.8, 4) is 11.8 Å². The van der Waals surface area contributed by atoms with Crippen LogP contribution in [0.4, 0.5) is 0 Å². The summed E-state index contributed by atoms with van der Waals surface area (Å²) in [5.74, 6) is 6.58. The fourth-order valence-electron chi connectivity index (χ4n) is 3.74. The monoisotopic (exact) mass is 372 g/mol. The molecule has 0 aliphatic carbocycles. The summed E-state index contributed by atoms with van der Waals surface area (Å²) >= 11 is 0. The maximum absolute atomic E-state index is 13.1. The first kappa shape index (κ1) is 18.3. The second-order valence-corrected chi connectivity index (χ2v) is 7.22. The van der Waals surface area contributed by atoms with Crippen LogP contribution in [0, 0.1) is 11.8 Å².